The Kier molecular flexibility index (Phi) is 5.33. The Bertz CT molecular complexity index is 1020. The van der Waals surface area contributed by atoms with Gasteiger partial charge in [0.1, 0.15) is 4.90 Å². The average Bonchev–Trinajstić information content (AvgIpc) is 3.12. The minimum Gasteiger partial charge on any atom is -0.239 e. The van der Waals surface area contributed by atoms with E-state index in [-0.39, 0.29) is 0 Å². The zero-order valence-corrected chi connectivity index (χ0v) is 16.8. The van der Waals surface area contributed by atoms with Crippen molar-refractivity contribution in [2.75, 3.05) is 13.1 Å². The summed E-state index contributed by atoms with van der Waals surface area (Å²) in [5.74, 6) is 0.530. The maximum absolute atomic E-state index is 13.2. The summed E-state index contributed by atoms with van der Waals surface area (Å²) in [5, 5.41) is 4.42. The number of benzene rings is 2. The van der Waals surface area contributed by atoms with Crippen LogP contribution >= 0.6 is 0 Å². The van der Waals surface area contributed by atoms with Crippen molar-refractivity contribution in [2.24, 2.45) is 5.92 Å². The minimum absolute atomic E-state index is 0.304. The van der Waals surface area contributed by atoms with Crippen LogP contribution in [0.3, 0.4) is 0 Å². The molecule has 0 N–H and O–H groups in total. The minimum atomic E-state index is -3.53. The summed E-state index contributed by atoms with van der Waals surface area (Å²) in [5.41, 5.74) is 2.72. The highest BCUT2D eigenvalue weighted by atomic mass is 32.2. The molecular weight excluding hydrogens is 370 g/mol. The van der Waals surface area contributed by atoms with Crippen LogP contribution in [0.5, 0.6) is 0 Å². The molecule has 1 aliphatic rings. The largest absolute Gasteiger partial charge is 0.246 e. The van der Waals surface area contributed by atoms with E-state index in [9.17, 15) is 8.42 Å². The van der Waals surface area contributed by atoms with Crippen molar-refractivity contribution in [3.8, 4) is 5.69 Å². The van der Waals surface area contributed by atoms with Gasteiger partial charge in [-0.05, 0) is 49.8 Å². The maximum atomic E-state index is 13.2. The van der Waals surface area contributed by atoms with E-state index in [0.717, 1.165) is 24.9 Å². The fraction of sp³-hybridized carbons (Fsp3) is 0.318. The van der Waals surface area contributed by atoms with Gasteiger partial charge in [0.05, 0.1) is 17.6 Å². The molecule has 0 atom stereocenters. The summed E-state index contributed by atoms with van der Waals surface area (Å²) in [6.07, 6.45) is 4.43. The van der Waals surface area contributed by atoms with E-state index in [1.165, 1.54) is 5.56 Å². The van der Waals surface area contributed by atoms with Crippen molar-refractivity contribution in [3.05, 3.63) is 78.1 Å². The van der Waals surface area contributed by atoms with Gasteiger partial charge in [0.2, 0.25) is 10.0 Å². The lowest BCUT2D eigenvalue weighted by Gasteiger charge is -2.31. The Labute approximate surface area is 166 Å². The van der Waals surface area contributed by atoms with Gasteiger partial charge in [0.15, 0.2) is 0 Å². The van der Waals surface area contributed by atoms with Crippen LogP contribution in [-0.2, 0) is 16.4 Å². The van der Waals surface area contributed by atoms with Gasteiger partial charge in [-0.1, -0.05) is 48.5 Å². The number of hydrogen-bond donors (Lipinski definition) is 0. The van der Waals surface area contributed by atoms with Crippen LogP contribution in [0.25, 0.3) is 5.69 Å². The predicted octanol–water partition coefficient (Wildman–Crippen LogP) is 3.82. The van der Waals surface area contributed by atoms with Gasteiger partial charge in [-0.25, -0.2) is 13.1 Å². The van der Waals surface area contributed by atoms with E-state index in [4.69, 9.17) is 0 Å². The first-order valence-corrected chi connectivity index (χ1v) is 11.1. The molecule has 0 spiro atoms. The maximum Gasteiger partial charge on any atom is 0.246 e. The van der Waals surface area contributed by atoms with Crippen LogP contribution in [0.4, 0.5) is 0 Å². The highest BCUT2D eigenvalue weighted by Crippen LogP contribution is 2.27. The van der Waals surface area contributed by atoms with Gasteiger partial charge >= 0.3 is 0 Å². The number of piperidine rings is 1. The van der Waals surface area contributed by atoms with E-state index in [1.807, 2.05) is 36.4 Å². The van der Waals surface area contributed by atoms with Crippen molar-refractivity contribution in [3.63, 3.8) is 0 Å². The molecule has 4 rings (SSSR count). The first kappa shape index (κ1) is 18.9. The molecule has 1 fully saturated rings. The van der Waals surface area contributed by atoms with Gasteiger partial charge in [-0.15, -0.1) is 0 Å². The summed E-state index contributed by atoms with van der Waals surface area (Å²) in [4.78, 5) is 0.304. The molecule has 0 saturated carbocycles. The number of aryl methyl sites for hydroxylation is 1. The SMILES string of the molecule is Cc1nn(-c2ccccc2)cc1S(=O)(=O)N1CCC(Cc2ccccc2)CC1. The number of nitrogens with zero attached hydrogens (tertiary/aromatic N) is 3. The second-order valence-corrected chi connectivity index (χ2v) is 9.30. The third-order valence-electron chi connectivity index (χ3n) is 5.43. The zero-order valence-electron chi connectivity index (χ0n) is 16.0. The van der Waals surface area contributed by atoms with E-state index >= 15 is 0 Å². The monoisotopic (exact) mass is 395 g/mol. The normalized spacial score (nSPS) is 16.3. The summed E-state index contributed by atoms with van der Waals surface area (Å²) in [6.45, 7) is 2.89. The number of rotatable bonds is 5. The quantitative estimate of drug-likeness (QED) is 0.660. The van der Waals surface area contributed by atoms with Gasteiger partial charge in [-0.3, -0.25) is 0 Å². The van der Waals surface area contributed by atoms with Crippen molar-refractivity contribution in [1.82, 2.24) is 14.1 Å². The van der Waals surface area contributed by atoms with Gasteiger partial charge < -0.3 is 0 Å². The highest BCUT2D eigenvalue weighted by Gasteiger charge is 2.32. The van der Waals surface area contributed by atoms with E-state index in [0.29, 0.717) is 29.6 Å². The van der Waals surface area contributed by atoms with Gasteiger partial charge in [0.25, 0.3) is 0 Å². The van der Waals surface area contributed by atoms with Crippen molar-refractivity contribution < 1.29 is 8.42 Å². The molecule has 2 aromatic carbocycles. The van der Waals surface area contributed by atoms with Crippen LogP contribution in [0, 0.1) is 12.8 Å². The van der Waals surface area contributed by atoms with Gasteiger partial charge in [0, 0.05) is 13.1 Å². The molecule has 5 nitrogen and oxygen atoms in total. The third kappa shape index (κ3) is 3.88. The van der Waals surface area contributed by atoms with Crippen LogP contribution < -0.4 is 0 Å². The molecule has 0 radical (unpaired) electrons. The van der Waals surface area contributed by atoms with Crippen LogP contribution in [0.2, 0.25) is 0 Å². The Morgan fingerprint density at radius 3 is 2.21 bits per heavy atom. The molecule has 1 aliphatic heterocycles. The molecule has 0 aliphatic carbocycles. The molecule has 146 valence electrons. The molecule has 0 unspecified atom stereocenters. The first-order chi connectivity index (χ1) is 13.5. The lowest BCUT2D eigenvalue weighted by atomic mass is 9.91. The Hall–Kier alpha value is -2.44. The molecule has 1 aromatic heterocycles. The van der Waals surface area contributed by atoms with Crippen molar-refractivity contribution in [1.29, 1.82) is 0 Å². The number of para-hydroxylation sites is 1. The lowest BCUT2D eigenvalue weighted by molar-refractivity contribution is 0.273. The zero-order chi connectivity index (χ0) is 19.6. The third-order valence-corrected chi connectivity index (χ3v) is 7.43. The fourth-order valence-corrected chi connectivity index (χ4v) is 5.47. The van der Waals surface area contributed by atoms with Crippen molar-refractivity contribution in [2.45, 2.75) is 31.1 Å². The second kappa shape index (κ2) is 7.89. The molecular formula is C22H25N3O2S. The Morgan fingerprint density at radius 1 is 0.964 bits per heavy atom. The Morgan fingerprint density at radius 2 is 1.57 bits per heavy atom. The van der Waals surface area contributed by atoms with Crippen molar-refractivity contribution >= 4 is 10.0 Å². The molecule has 0 amide bonds. The predicted molar refractivity (Wildman–Crippen MR) is 110 cm³/mol. The Balaban J connectivity index is 1.47. The topological polar surface area (TPSA) is 55.2 Å². The fourth-order valence-electron chi connectivity index (χ4n) is 3.85. The summed E-state index contributed by atoms with van der Waals surface area (Å²) in [7, 11) is -3.53. The van der Waals surface area contributed by atoms with E-state index in [2.05, 4.69) is 29.4 Å². The number of sulfonamides is 1. The second-order valence-electron chi connectivity index (χ2n) is 7.40. The smallest absolute Gasteiger partial charge is 0.239 e. The van der Waals surface area contributed by atoms with Crippen LogP contribution in [-0.4, -0.2) is 35.6 Å². The molecule has 28 heavy (non-hydrogen) atoms. The highest BCUT2D eigenvalue weighted by molar-refractivity contribution is 7.89. The first-order valence-electron chi connectivity index (χ1n) is 9.70. The van der Waals surface area contributed by atoms with Gasteiger partial charge in [-0.2, -0.15) is 9.40 Å². The van der Waals surface area contributed by atoms with E-state index < -0.39 is 10.0 Å². The lowest BCUT2D eigenvalue weighted by Crippen LogP contribution is -2.39. The summed E-state index contributed by atoms with van der Waals surface area (Å²) < 4.78 is 29.6. The van der Waals surface area contributed by atoms with E-state index in [1.54, 1.807) is 22.1 Å². The summed E-state index contributed by atoms with van der Waals surface area (Å²) >= 11 is 0. The average molecular weight is 396 g/mol. The number of aromatic nitrogens is 2. The summed E-state index contributed by atoms with van der Waals surface area (Å²) in [6, 6.07) is 20.0. The molecule has 0 bridgehead atoms. The molecule has 3 aromatic rings. The molecule has 2 heterocycles. The molecule has 6 heteroatoms. The van der Waals surface area contributed by atoms with Crippen LogP contribution in [0.15, 0.2) is 71.8 Å². The number of hydrogen-bond acceptors (Lipinski definition) is 3. The molecule has 1 saturated heterocycles. The van der Waals surface area contributed by atoms with Crippen LogP contribution in [0.1, 0.15) is 24.1 Å². The standard InChI is InChI=1S/C22H25N3O2S/c1-18-22(17-25(23-18)21-10-6-3-7-11-21)28(26,27)24-14-12-20(13-15-24)16-19-8-4-2-5-9-19/h2-11,17,20H,12-16H2,1H3.